The van der Waals surface area contributed by atoms with Crippen LogP contribution in [0.25, 0.3) is 0 Å². The van der Waals surface area contributed by atoms with Gasteiger partial charge in [0.05, 0.1) is 6.42 Å². The van der Waals surface area contributed by atoms with Crippen LogP contribution in [0.3, 0.4) is 0 Å². The Hall–Kier alpha value is -1.34. The monoisotopic (exact) mass is 285 g/mol. The molecule has 0 aromatic heterocycles. The summed E-state index contributed by atoms with van der Waals surface area (Å²) < 4.78 is 48.3. The summed E-state index contributed by atoms with van der Waals surface area (Å²) >= 11 is 5.64. The van der Waals surface area contributed by atoms with Gasteiger partial charge >= 0.3 is 6.18 Å². The fourth-order valence-electron chi connectivity index (χ4n) is 1.10. The Morgan fingerprint density at radius 1 is 1.39 bits per heavy atom. The van der Waals surface area contributed by atoms with E-state index in [2.05, 4.69) is 4.84 Å². The van der Waals surface area contributed by atoms with Crippen LogP contribution in [0.1, 0.15) is 5.56 Å². The molecule has 0 saturated heterocycles. The third-order valence-corrected chi connectivity index (χ3v) is 2.17. The van der Waals surface area contributed by atoms with E-state index in [9.17, 15) is 22.4 Å². The van der Waals surface area contributed by atoms with Crippen LogP contribution in [-0.4, -0.2) is 18.7 Å². The van der Waals surface area contributed by atoms with E-state index in [1.807, 2.05) is 0 Å². The molecule has 0 aliphatic carbocycles. The lowest BCUT2D eigenvalue weighted by molar-refractivity contribution is -0.191. The van der Waals surface area contributed by atoms with Crippen molar-refractivity contribution in [2.45, 2.75) is 12.6 Å². The molecular weight excluding hydrogens is 278 g/mol. The van der Waals surface area contributed by atoms with Gasteiger partial charge in [-0.1, -0.05) is 17.7 Å². The molecule has 0 heterocycles. The molecule has 1 N–H and O–H groups in total. The summed E-state index contributed by atoms with van der Waals surface area (Å²) in [7, 11) is 0. The van der Waals surface area contributed by atoms with Gasteiger partial charge in [0.1, 0.15) is 5.82 Å². The van der Waals surface area contributed by atoms with Crippen LogP contribution in [0.15, 0.2) is 18.2 Å². The molecule has 0 aliphatic rings. The summed E-state index contributed by atoms with van der Waals surface area (Å²) in [5, 5.41) is 0.0148. The van der Waals surface area contributed by atoms with E-state index < -0.39 is 30.9 Å². The number of halogens is 5. The molecule has 100 valence electrons. The van der Waals surface area contributed by atoms with Crippen molar-refractivity contribution in [3.63, 3.8) is 0 Å². The van der Waals surface area contributed by atoms with Crippen LogP contribution >= 0.6 is 11.6 Å². The SMILES string of the molecule is O=C(Cc1c(F)cccc1Cl)NOCC(F)(F)F. The Labute approximate surface area is 105 Å². The van der Waals surface area contributed by atoms with E-state index in [1.165, 1.54) is 12.1 Å². The number of carbonyl (C=O) groups is 1. The minimum atomic E-state index is -4.55. The van der Waals surface area contributed by atoms with Gasteiger partial charge in [0.15, 0.2) is 6.61 Å². The van der Waals surface area contributed by atoms with Crippen LogP contribution in [-0.2, 0) is 16.1 Å². The summed E-state index contributed by atoms with van der Waals surface area (Å²) in [6.45, 7) is -1.62. The molecule has 18 heavy (non-hydrogen) atoms. The van der Waals surface area contributed by atoms with Gasteiger partial charge in [-0.05, 0) is 12.1 Å². The van der Waals surface area contributed by atoms with E-state index in [-0.39, 0.29) is 10.6 Å². The summed E-state index contributed by atoms with van der Waals surface area (Å²) in [5.74, 6) is -1.64. The molecular formula is C10H8ClF4NO2. The maximum Gasteiger partial charge on any atom is 0.414 e. The zero-order valence-electron chi connectivity index (χ0n) is 8.85. The molecule has 8 heteroatoms. The number of hydroxylamine groups is 1. The largest absolute Gasteiger partial charge is 0.414 e. The van der Waals surface area contributed by atoms with Crippen LogP contribution < -0.4 is 5.48 Å². The maximum absolute atomic E-state index is 13.2. The average Bonchev–Trinajstić information content (AvgIpc) is 2.22. The highest BCUT2D eigenvalue weighted by atomic mass is 35.5. The first-order chi connectivity index (χ1) is 8.29. The van der Waals surface area contributed by atoms with E-state index in [0.29, 0.717) is 0 Å². The zero-order chi connectivity index (χ0) is 13.8. The number of hydrogen-bond donors (Lipinski definition) is 1. The van der Waals surface area contributed by atoms with Crippen molar-refractivity contribution in [1.29, 1.82) is 0 Å². The van der Waals surface area contributed by atoms with Crippen molar-refractivity contribution in [1.82, 2.24) is 5.48 Å². The van der Waals surface area contributed by atoms with Crippen molar-refractivity contribution in [3.8, 4) is 0 Å². The van der Waals surface area contributed by atoms with Crippen LogP contribution in [0.5, 0.6) is 0 Å². The number of amides is 1. The molecule has 0 unspecified atom stereocenters. The molecule has 1 aromatic carbocycles. The summed E-state index contributed by atoms with van der Waals surface area (Å²) in [4.78, 5) is 15.1. The Bertz CT molecular complexity index is 416. The first-order valence-corrected chi connectivity index (χ1v) is 5.07. The number of nitrogens with one attached hydrogen (secondary N) is 1. The highest BCUT2D eigenvalue weighted by Crippen LogP contribution is 2.19. The second kappa shape index (κ2) is 6.01. The van der Waals surface area contributed by atoms with Crippen LogP contribution in [0, 0.1) is 5.82 Å². The predicted octanol–water partition coefficient (Wildman–Crippen LogP) is 2.63. The summed E-state index contributed by atoms with van der Waals surface area (Å²) in [6.07, 6.45) is -5.06. The molecule has 3 nitrogen and oxygen atoms in total. The molecule has 0 radical (unpaired) electrons. The summed E-state index contributed by atoms with van der Waals surface area (Å²) in [6, 6.07) is 3.80. The van der Waals surface area contributed by atoms with Crippen molar-refractivity contribution in [2.75, 3.05) is 6.61 Å². The van der Waals surface area contributed by atoms with E-state index in [0.717, 1.165) is 6.07 Å². The first kappa shape index (κ1) is 14.7. The second-order valence-electron chi connectivity index (χ2n) is 3.31. The number of alkyl halides is 3. The molecule has 0 fully saturated rings. The third kappa shape index (κ3) is 4.89. The van der Waals surface area contributed by atoms with Gasteiger partial charge in [0.25, 0.3) is 0 Å². The normalized spacial score (nSPS) is 11.4. The number of benzene rings is 1. The topological polar surface area (TPSA) is 38.3 Å². The lowest BCUT2D eigenvalue weighted by atomic mass is 10.1. The zero-order valence-corrected chi connectivity index (χ0v) is 9.61. The Kier molecular flexibility index (Phi) is 4.92. The van der Waals surface area contributed by atoms with Gasteiger partial charge in [-0.15, -0.1) is 0 Å². The quantitative estimate of drug-likeness (QED) is 0.682. The predicted molar refractivity (Wildman–Crippen MR) is 55.3 cm³/mol. The van der Waals surface area contributed by atoms with Gasteiger partial charge in [0, 0.05) is 10.6 Å². The molecule has 1 rings (SSSR count). The minimum absolute atomic E-state index is 0.0148. The molecule has 0 spiro atoms. The molecule has 0 bridgehead atoms. The van der Waals surface area contributed by atoms with Crippen molar-refractivity contribution < 1.29 is 27.2 Å². The fourth-order valence-corrected chi connectivity index (χ4v) is 1.33. The van der Waals surface area contributed by atoms with E-state index in [1.54, 1.807) is 5.48 Å². The fraction of sp³-hybridized carbons (Fsp3) is 0.300. The lowest BCUT2D eigenvalue weighted by Gasteiger charge is -2.09. The van der Waals surface area contributed by atoms with Crippen LogP contribution in [0.2, 0.25) is 5.02 Å². The highest BCUT2D eigenvalue weighted by Gasteiger charge is 2.28. The summed E-state index contributed by atoms with van der Waals surface area (Å²) in [5.41, 5.74) is 1.45. The molecule has 0 aliphatic heterocycles. The maximum atomic E-state index is 13.2. The number of carbonyl (C=O) groups excluding carboxylic acids is 1. The Morgan fingerprint density at radius 2 is 2.06 bits per heavy atom. The average molecular weight is 286 g/mol. The van der Waals surface area contributed by atoms with Gasteiger partial charge in [0.2, 0.25) is 5.91 Å². The molecule has 1 aromatic rings. The van der Waals surface area contributed by atoms with Crippen molar-refractivity contribution >= 4 is 17.5 Å². The van der Waals surface area contributed by atoms with Crippen LogP contribution in [0.4, 0.5) is 17.6 Å². The molecule has 0 atom stereocenters. The second-order valence-corrected chi connectivity index (χ2v) is 3.71. The van der Waals surface area contributed by atoms with Crippen molar-refractivity contribution in [2.24, 2.45) is 0 Å². The number of rotatable bonds is 4. The lowest BCUT2D eigenvalue weighted by Crippen LogP contribution is -2.30. The van der Waals surface area contributed by atoms with Gasteiger partial charge < -0.3 is 0 Å². The first-order valence-electron chi connectivity index (χ1n) is 4.70. The number of hydrogen-bond acceptors (Lipinski definition) is 2. The molecule has 1 amide bonds. The third-order valence-electron chi connectivity index (χ3n) is 1.82. The van der Waals surface area contributed by atoms with Crippen molar-refractivity contribution in [3.05, 3.63) is 34.6 Å². The van der Waals surface area contributed by atoms with Gasteiger partial charge in [-0.25, -0.2) is 9.87 Å². The minimum Gasteiger partial charge on any atom is -0.272 e. The van der Waals surface area contributed by atoms with E-state index >= 15 is 0 Å². The Morgan fingerprint density at radius 3 is 2.61 bits per heavy atom. The Balaban J connectivity index is 2.50. The smallest absolute Gasteiger partial charge is 0.272 e. The molecule has 0 saturated carbocycles. The highest BCUT2D eigenvalue weighted by molar-refractivity contribution is 6.31. The van der Waals surface area contributed by atoms with E-state index in [4.69, 9.17) is 11.6 Å². The van der Waals surface area contributed by atoms with Gasteiger partial charge in [-0.2, -0.15) is 13.2 Å². The van der Waals surface area contributed by atoms with Gasteiger partial charge in [-0.3, -0.25) is 9.63 Å². The standard InChI is InChI=1S/C10H8ClF4NO2/c11-7-2-1-3-8(12)6(7)4-9(17)16-18-5-10(13,14)15/h1-3H,4-5H2,(H,16,17).